The van der Waals surface area contributed by atoms with Crippen LogP contribution < -0.4 is 5.30 Å². The van der Waals surface area contributed by atoms with E-state index in [1.807, 2.05) is 18.2 Å². The fourth-order valence-corrected chi connectivity index (χ4v) is 2.14. The van der Waals surface area contributed by atoms with E-state index in [2.05, 4.69) is 49.6 Å². The van der Waals surface area contributed by atoms with Gasteiger partial charge < -0.3 is 5.11 Å². The van der Waals surface area contributed by atoms with Crippen LogP contribution in [0, 0.1) is 0 Å². The number of aliphatic hydroxyl groups excluding tert-OH is 1. The molecule has 0 bridgehead atoms. The molecule has 0 saturated heterocycles. The van der Waals surface area contributed by atoms with E-state index < -0.39 is 0 Å². The summed E-state index contributed by atoms with van der Waals surface area (Å²) >= 11 is 0. The van der Waals surface area contributed by atoms with Crippen LogP contribution >= 0.6 is 8.58 Å². The van der Waals surface area contributed by atoms with E-state index in [-0.39, 0.29) is 6.61 Å². The van der Waals surface area contributed by atoms with Gasteiger partial charge in [0.2, 0.25) is 0 Å². The molecule has 2 aromatic carbocycles. The predicted octanol–water partition coefficient (Wildman–Crippen LogP) is 3.68. The topological polar surface area (TPSA) is 20.2 Å². The zero-order chi connectivity index (χ0) is 14.1. The molecule has 0 amide bonds. The van der Waals surface area contributed by atoms with Gasteiger partial charge in [0.25, 0.3) is 0 Å². The third kappa shape index (κ3) is 4.98. The van der Waals surface area contributed by atoms with Crippen LogP contribution in [-0.4, -0.2) is 18.4 Å². The van der Waals surface area contributed by atoms with E-state index in [4.69, 9.17) is 5.11 Å². The molecule has 1 N–H and O–H groups in total. The second-order valence-corrected chi connectivity index (χ2v) is 5.07. The van der Waals surface area contributed by atoms with Crippen molar-refractivity contribution >= 4 is 19.5 Å². The summed E-state index contributed by atoms with van der Waals surface area (Å²) in [6, 6.07) is 19.0. The minimum absolute atomic E-state index is 0.250. The second-order valence-electron chi connectivity index (χ2n) is 3.99. The van der Waals surface area contributed by atoms with E-state index in [0.29, 0.717) is 0 Å². The molecule has 0 aliphatic rings. The van der Waals surface area contributed by atoms with Gasteiger partial charge in [0.1, 0.15) is 0 Å². The van der Waals surface area contributed by atoms with Gasteiger partial charge in [0, 0.05) is 6.61 Å². The second kappa shape index (κ2) is 8.63. The van der Waals surface area contributed by atoms with Gasteiger partial charge in [0.15, 0.2) is 0 Å². The van der Waals surface area contributed by atoms with E-state index in [1.54, 1.807) is 6.92 Å². The Hall–Kier alpha value is -1.43. The van der Waals surface area contributed by atoms with E-state index in [1.165, 1.54) is 16.4 Å². The molecule has 2 rings (SSSR count). The maximum atomic E-state index is 7.57. The highest BCUT2D eigenvalue weighted by Gasteiger charge is 2.00. The van der Waals surface area contributed by atoms with Crippen LogP contribution in [0.3, 0.4) is 0 Å². The zero-order valence-corrected chi connectivity index (χ0v) is 12.6. The van der Waals surface area contributed by atoms with E-state index in [0.717, 1.165) is 14.2 Å². The van der Waals surface area contributed by atoms with Gasteiger partial charge in [-0.05, 0) is 35.6 Å². The number of hydrogen-bond acceptors (Lipinski definition) is 1. The molecular formula is C17H21OP. The molecule has 1 atom stereocenters. The van der Waals surface area contributed by atoms with Crippen LogP contribution in [-0.2, 0) is 0 Å². The molecule has 0 aromatic heterocycles. The van der Waals surface area contributed by atoms with Crippen LogP contribution in [0.25, 0.3) is 5.57 Å². The van der Waals surface area contributed by atoms with Gasteiger partial charge in [-0.3, -0.25) is 0 Å². The molecule has 0 spiro atoms. The zero-order valence-electron chi connectivity index (χ0n) is 11.6. The lowest BCUT2D eigenvalue weighted by atomic mass is 10.00. The first kappa shape index (κ1) is 15.6. The van der Waals surface area contributed by atoms with Gasteiger partial charge in [-0.25, -0.2) is 0 Å². The smallest absolute Gasteiger partial charge is 0.0402 e. The molecule has 0 heterocycles. The van der Waals surface area contributed by atoms with Gasteiger partial charge in [-0.15, -0.1) is 0 Å². The van der Waals surface area contributed by atoms with Crippen LogP contribution in [0.5, 0.6) is 0 Å². The fourth-order valence-electron chi connectivity index (χ4n) is 1.64. The standard InChI is InChI=1S/C15H15P.C2H6O/c1-12(13-6-4-3-5-7-13)14-8-10-15(16-2)11-9-14;1-2-3/h3-11,16H,1H2,2H3;3H,2H2,1H3. The van der Waals surface area contributed by atoms with Crippen molar-refractivity contribution in [3.63, 3.8) is 0 Å². The largest absolute Gasteiger partial charge is 0.397 e. The molecule has 0 saturated carbocycles. The van der Waals surface area contributed by atoms with Crippen molar-refractivity contribution in [1.29, 1.82) is 0 Å². The maximum absolute atomic E-state index is 7.57. The number of aliphatic hydroxyl groups is 1. The monoisotopic (exact) mass is 272 g/mol. The van der Waals surface area contributed by atoms with Gasteiger partial charge in [-0.1, -0.05) is 69.8 Å². The Balaban J connectivity index is 0.000000550. The minimum Gasteiger partial charge on any atom is -0.397 e. The van der Waals surface area contributed by atoms with Crippen LogP contribution in [0.1, 0.15) is 18.1 Å². The molecule has 0 fully saturated rings. The first-order valence-electron chi connectivity index (χ1n) is 6.36. The number of benzene rings is 2. The van der Waals surface area contributed by atoms with Crippen molar-refractivity contribution in [2.45, 2.75) is 6.92 Å². The van der Waals surface area contributed by atoms with Crippen molar-refractivity contribution in [3.05, 3.63) is 72.3 Å². The molecule has 1 unspecified atom stereocenters. The molecule has 0 aliphatic carbocycles. The molecule has 2 aromatic rings. The predicted molar refractivity (Wildman–Crippen MR) is 87.7 cm³/mol. The average molecular weight is 272 g/mol. The molecule has 100 valence electrons. The lowest BCUT2D eigenvalue weighted by molar-refractivity contribution is 0.318. The van der Waals surface area contributed by atoms with Crippen LogP contribution in [0.2, 0.25) is 0 Å². The van der Waals surface area contributed by atoms with Crippen molar-refractivity contribution < 1.29 is 5.11 Å². The summed E-state index contributed by atoms with van der Waals surface area (Å²) in [6.45, 7) is 8.28. The Morgan fingerprint density at radius 3 is 1.95 bits per heavy atom. The molecule has 1 nitrogen and oxygen atoms in total. The van der Waals surface area contributed by atoms with Crippen LogP contribution in [0.4, 0.5) is 0 Å². The van der Waals surface area contributed by atoms with Crippen molar-refractivity contribution in [1.82, 2.24) is 0 Å². The summed E-state index contributed by atoms with van der Waals surface area (Å²) < 4.78 is 0. The van der Waals surface area contributed by atoms with Crippen molar-refractivity contribution in [2.75, 3.05) is 13.3 Å². The summed E-state index contributed by atoms with van der Waals surface area (Å²) in [5.74, 6) is 0. The first-order valence-corrected chi connectivity index (χ1v) is 7.86. The van der Waals surface area contributed by atoms with Gasteiger partial charge in [0.05, 0.1) is 0 Å². The summed E-state index contributed by atoms with van der Waals surface area (Å²) in [6.07, 6.45) is 0. The van der Waals surface area contributed by atoms with Gasteiger partial charge >= 0.3 is 0 Å². The lowest BCUT2D eigenvalue weighted by Crippen LogP contribution is -1.93. The highest BCUT2D eigenvalue weighted by atomic mass is 31.1. The first-order chi connectivity index (χ1) is 9.22. The summed E-state index contributed by atoms with van der Waals surface area (Å²) in [5.41, 5.74) is 3.48. The summed E-state index contributed by atoms with van der Waals surface area (Å²) in [7, 11) is 0.857. The summed E-state index contributed by atoms with van der Waals surface area (Å²) in [5, 5.41) is 8.96. The fraction of sp³-hybridized carbons (Fsp3) is 0.176. The number of hydrogen-bond donors (Lipinski definition) is 1. The van der Waals surface area contributed by atoms with E-state index in [9.17, 15) is 0 Å². The van der Waals surface area contributed by atoms with Crippen molar-refractivity contribution in [2.24, 2.45) is 0 Å². The Labute approximate surface area is 117 Å². The summed E-state index contributed by atoms with van der Waals surface area (Å²) in [4.78, 5) is 0. The maximum Gasteiger partial charge on any atom is 0.0402 e. The highest BCUT2D eigenvalue weighted by molar-refractivity contribution is 7.46. The number of rotatable bonds is 3. The van der Waals surface area contributed by atoms with Crippen molar-refractivity contribution in [3.8, 4) is 0 Å². The Morgan fingerprint density at radius 2 is 1.47 bits per heavy atom. The van der Waals surface area contributed by atoms with E-state index >= 15 is 0 Å². The quantitative estimate of drug-likeness (QED) is 0.845. The Bertz CT molecular complexity index is 488. The average Bonchev–Trinajstić information content (AvgIpc) is 2.48. The highest BCUT2D eigenvalue weighted by Crippen LogP contribution is 2.21. The third-order valence-corrected chi connectivity index (χ3v) is 3.55. The SMILES string of the molecule is C=C(c1ccccc1)c1ccc(PC)cc1.CCO. The Kier molecular flexibility index (Phi) is 7.10. The molecule has 0 radical (unpaired) electrons. The molecule has 2 heteroatoms. The molecule has 0 aliphatic heterocycles. The molecule has 19 heavy (non-hydrogen) atoms. The van der Waals surface area contributed by atoms with Gasteiger partial charge in [-0.2, -0.15) is 0 Å². The van der Waals surface area contributed by atoms with Crippen LogP contribution in [0.15, 0.2) is 61.2 Å². The lowest BCUT2D eigenvalue weighted by Gasteiger charge is -2.06. The minimum atomic E-state index is 0.250. The normalized spacial score (nSPS) is 10.1. The molecular weight excluding hydrogens is 251 g/mol. The Morgan fingerprint density at radius 1 is 1.00 bits per heavy atom. The third-order valence-electron chi connectivity index (χ3n) is 2.64.